The number of aromatic nitrogens is 3. The van der Waals surface area contributed by atoms with Crippen LogP contribution in [0.5, 0.6) is 11.5 Å². The summed E-state index contributed by atoms with van der Waals surface area (Å²) in [5.41, 5.74) is 7.95. The van der Waals surface area contributed by atoms with Crippen molar-refractivity contribution in [2.45, 2.75) is 6.29 Å². The normalized spacial score (nSPS) is 23.1. The van der Waals surface area contributed by atoms with Crippen LogP contribution in [0.2, 0.25) is 5.02 Å². The molecule has 35 heavy (non-hydrogen) atoms. The second-order valence-electron chi connectivity index (χ2n) is 8.73. The molecule has 3 atom stereocenters. The van der Waals surface area contributed by atoms with Crippen molar-refractivity contribution in [2.24, 2.45) is 24.8 Å². The maximum absolute atomic E-state index is 14.0. The van der Waals surface area contributed by atoms with Gasteiger partial charge in [-0.1, -0.05) is 24.1 Å². The van der Waals surface area contributed by atoms with Gasteiger partial charge >= 0.3 is 6.29 Å². The van der Waals surface area contributed by atoms with Crippen LogP contribution in [0, 0.1) is 29.6 Å². The number of piperidine rings is 1. The highest BCUT2D eigenvalue weighted by Gasteiger charge is 2.55. The minimum Gasteiger partial charge on any atom is -0.395 e. The molecule has 1 aliphatic carbocycles. The van der Waals surface area contributed by atoms with Gasteiger partial charge in [0.1, 0.15) is 23.5 Å². The first kappa shape index (κ1) is 21.7. The lowest BCUT2D eigenvalue weighted by Crippen LogP contribution is -2.29. The molecule has 1 saturated heterocycles. The van der Waals surface area contributed by atoms with Crippen LogP contribution >= 0.6 is 11.6 Å². The van der Waals surface area contributed by atoms with E-state index in [1.807, 2.05) is 0 Å². The van der Waals surface area contributed by atoms with Crippen molar-refractivity contribution in [2.75, 3.05) is 18.8 Å². The molecular formula is C24H18ClF2N5O3. The molecule has 178 valence electrons. The van der Waals surface area contributed by atoms with Crippen LogP contribution in [0.15, 0.2) is 31.1 Å². The summed E-state index contributed by atoms with van der Waals surface area (Å²) in [6, 6.07) is 3.01. The lowest BCUT2D eigenvalue weighted by atomic mass is 10.0. The van der Waals surface area contributed by atoms with Gasteiger partial charge in [0, 0.05) is 37.2 Å². The number of ether oxygens (including phenoxy) is 2. The van der Waals surface area contributed by atoms with E-state index in [4.69, 9.17) is 22.1 Å². The number of likely N-dealkylation sites (tertiary alicyclic amines) is 1. The van der Waals surface area contributed by atoms with Gasteiger partial charge in [0.05, 0.1) is 10.4 Å². The smallest absolute Gasteiger partial charge is 0.395 e. The second kappa shape index (κ2) is 7.33. The number of fused-ring (bicyclic) bond motifs is 3. The van der Waals surface area contributed by atoms with Gasteiger partial charge in [-0.2, -0.15) is 0 Å². The third-order valence-electron chi connectivity index (χ3n) is 6.81. The maximum atomic E-state index is 14.0. The number of nitrogens with zero attached hydrogens (tertiary/aromatic N) is 4. The standard InChI is InChI=1S/C24H18ClF2N5O3/c1-3-17(33)32-8-13-11(14(13)9-32)5-7-16-18(19-22(28)29-10-30-23(19)31(16)2)12-4-6-15(25)21-20(12)34-24(26,27)35-21/h3-4,6,10-11,13-14H,1,8-9H2,2H3,(H2,28,29,30)/t11-,13-,14+. The largest absolute Gasteiger partial charge is 0.586 e. The summed E-state index contributed by atoms with van der Waals surface area (Å²) >= 11 is 6.11. The Morgan fingerprint density at radius 2 is 2.00 bits per heavy atom. The van der Waals surface area contributed by atoms with E-state index in [0.29, 0.717) is 47.2 Å². The third kappa shape index (κ3) is 3.22. The molecule has 2 aliphatic heterocycles. The predicted octanol–water partition coefficient (Wildman–Crippen LogP) is 3.43. The fraction of sp³-hybridized carbons (Fsp3) is 0.292. The molecule has 11 heteroatoms. The van der Waals surface area contributed by atoms with Gasteiger partial charge in [-0.05, 0) is 36.0 Å². The number of benzene rings is 1. The molecule has 0 spiro atoms. The third-order valence-corrected chi connectivity index (χ3v) is 7.11. The Morgan fingerprint density at radius 1 is 1.29 bits per heavy atom. The topological polar surface area (TPSA) is 95.5 Å². The summed E-state index contributed by atoms with van der Waals surface area (Å²) in [6.07, 6.45) is -1.21. The Hall–Kier alpha value is -3.84. The van der Waals surface area contributed by atoms with E-state index in [2.05, 4.69) is 33.1 Å². The molecule has 0 radical (unpaired) electrons. The highest BCUT2D eigenvalue weighted by molar-refractivity contribution is 6.32. The fourth-order valence-electron chi connectivity index (χ4n) is 5.08. The minimum absolute atomic E-state index is 0.0116. The Morgan fingerprint density at radius 3 is 2.71 bits per heavy atom. The Labute approximate surface area is 203 Å². The summed E-state index contributed by atoms with van der Waals surface area (Å²) in [4.78, 5) is 22.1. The Bertz CT molecular complexity index is 1500. The van der Waals surface area contributed by atoms with Gasteiger partial charge in [0.25, 0.3) is 0 Å². The predicted molar refractivity (Wildman–Crippen MR) is 124 cm³/mol. The van der Waals surface area contributed by atoms with E-state index in [1.165, 1.54) is 18.5 Å². The zero-order valence-corrected chi connectivity index (χ0v) is 19.1. The van der Waals surface area contributed by atoms with Crippen LogP contribution in [0.1, 0.15) is 5.69 Å². The molecule has 8 nitrogen and oxygen atoms in total. The highest BCUT2D eigenvalue weighted by atomic mass is 35.5. The van der Waals surface area contributed by atoms with Crippen LogP contribution in [0.4, 0.5) is 14.6 Å². The van der Waals surface area contributed by atoms with Gasteiger partial charge in [-0.15, -0.1) is 8.78 Å². The van der Waals surface area contributed by atoms with E-state index in [1.54, 1.807) is 22.6 Å². The summed E-state index contributed by atoms with van der Waals surface area (Å²) in [5.74, 6) is 6.87. The average Bonchev–Trinajstić information content (AvgIpc) is 3.12. The fourth-order valence-corrected chi connectivity index (χ4v) is 5.26. The van der Waals surface area contributed by atoms with Crippen molar-refractivity contribution in [1.29, 1.82) is 0 Å². The average molecular weight is 498 g/mol. The molecule has 3 aliphatic rings. The number of carbonyl (C=O) groups excluding carboxylic acids is 1. The lowest BCUT2D eigenvalue weighted by Gasteiger charge is -2.16. The van der Waals surface area contributed by atoms with Crippen molar-refractivity contribution in [3.63, 3.8) is 0 Å². The van der Waals surface area contributed by atoms with Crippen LogP contribution in [-0.2, 0) is 11.8 Å². The van der Waals surface area contributed by atoms with Crippen LogP contribution < -0.4 is 15.2 Å². The van der Waals surface area contributed by atoms with Crippen LogP contribution in [0.25, 0.3) is 22.2 Å². The monoisotopic (exact) mass is 497 g/mol. The Kier molecular flexibility index (Phi) is 4.54. The number of hydrogen-bond acceptors (Lipinski definition) is 6. The first-order chi connectivity index (χ1) is 16.7. The van der Waals surface area contributed by atoms with Crippen molar-refractivity contribution in [1.82, 2.24) is 19.4 Å². The molecule has 4 heterocycles. The zero-order chi connectivity index (χ0) is 24.6. The molecule has 2 fully saturated rings. The van der Waals surface area contributed by atoms with Gasteiger partial charge in [0.15, 0.2) is 11.5 Å². The summed E-state index contributed by atoms with van der Waals surface area (Å²) in [6.45, 7) is 4.82. The number of halogens is 3. The molecule has 0 bridgehead atoms. The molecule has 1 aromatic carbocycles. The number of aryl methyl sites for hydroxylation is 1. The second-order valence-corrected chi connectivity index (χ2v) is 9.14. The highest BCUT2D eigenvalue weighted by Crippen LogP contribution is 2.54. The SMILES string of the molecule is C=CC(=O)N1C[C@@H]2[C@@H](C#Cc3c(-c4ccc(Cl)c5c4OC(F)(F)O5)c4c(N)ncnc4n3C)[C@@H]2C1. The number of anilines is 1. The molecule has 1 amide bonds. The lowest BCUT2D eigenvalue weighted by molar-refractivity contribution is -0.286. The van der Waals surface area contributed by atoms with Gasteiger partial charge in [0.2, 0.25) is 5.91 Å². The number of hydrogen-bond donors (Lipinski definition) is 1. The number of nitrogen functional groups attached to an aromatic ring is 1. The van der Waals surface area contributed by atoms with Crippen molar-refractivity contribution < 1.29 is 23.0 Å². The molecule has 6 rings (SSSR count). The molecule has 1 saturated carbocycles. The van der Waals surface area contributed by atoms with Crippen molar-refractivity contribution >= 4 is 34.4 Å². The van der Waals surface area contributed by atoms with Crippen LogP contribution in [0.3, 0.4) is 0 Å². The van der Waals surface area contributed by atoms with Gasteiger partial charge in [-0.25, -0.2) is 9.97 Å². The zero-order valence-electron chi connectivity index (χ0n) is 18.4. The molecule has 2 N–H and O–H groups in total. The number of nitrogens with two attached hydrogens (primary N) is 1. The van der Waals surface area contributed by atoms with Crippen molar-refractivity contribution in [3.05, 3.63) is 41.8 Å². The first-order valence-corrected chi connectivity index (χ1v) is 11.2. The van der Waals surface area contributed by atoms with Crippen LogP contribution in [-0.4, -0.2) is 44.7 Å². The van der Waals surface area contributed by atoms with E-state index < -0.39 is 6.29 Å². The van der Waals surface area contributed by atoms with E-state index in [0.717, 1.165) is 0 Å². The minimum atomic E-state index is -3.86. The number of rotatable bonds is 2. The number of alkyl halides is 2. The number of amides is 1. The van der Waals surface area contributed by atoms with E-state index >= 15 is 0 Å². The van der Waals surface area contributed by atoms with Crippen molar-refractivity contribution in [3.8, 4) is 34.5 Å². The molecule has 0 unspecified atom stereocenters. The first-order valence-electron chi connectivity index (χ1n) is 10.8. The summed E-state index contributed by atoms with van der Waals surface area (Å²) in [5, 5.41) is 0.448. The number of carbonyl (C=O) groups is 1. The maximum Gasteiger partial charge on any atom is 0.586 e. The van der Waals surface area contributed by atoms with Gasteiger partial charge in [-0.3, -0.25) is 4.79 Å². The summed E-state index contributed by atoms with van der Waals surface area (Å²) in [7, 11) is 1.77. The van der Waals surface area contributed by atoms with E-state index in [9.17, 15) is 13.6 Å². The van der Waals surface area contributed by atoms with E-state index in [-0.39, 0.29) is 39.7 Å². The Balaban J connectivity index is 1.47. The molecular weight excluding hydrogens is 480 g/mol. The quantitative estimate of drug-likeness (QED) is 0.430. The molecule has 3 aromatic rings. The summed E-state index contributed by atoms with van der Waals surface area (Å²) < 4.78 is 39.2. The van der Waals surface area contributed by atoms with Gasteiger partial charge < -0.3 is 24.7 Å². The molecule has 2 aromatic heterocycles.